The van der Waals surface area contributed by atoms with Gasteiger partial charge in [-0.3, -0.25) is 0 Å². The van der Waals surface area contributed by atoms with Crippen molar-refractivity contribution in [3.8, 4) is 0 Å². The fourth-order valence-corrected chi connectivity index (χ4v) is 4.15. The lowest BCUT2D eigenvalue weighted by atomic mass is 9.86. The minimum absolute atomic E-state index is 0.674. The largest absolute Gasteiger partial charge is 0.313 e. The van der Waals surface area contributed by atoms with E-state index in [2.05, 4.69) is 30.2 Å². The Balaban J connectivity index is 1.86. The highest BCUT2D eigenvalue weighted by Gasteiger charge is 2.21. The van der Waals surface area contributed by atoms with Crippen molar-refractivity contribution >= 4 is 11.8 Å². The molecule has 1 atom stereocenters. The van der Waals surface area contributed by atoms with Gasteiger partial charge in [0, 0.05) is 6.04 Å². The molecular weight excluding hydrogens is 214 g/mol. The van der Waals surface area contributed by atoms with Crippen LogP contribution in [0.15, 0.2) is 11.6 Å². The van der Waals surface area contributed by atoms with Crippen LogP contribution in [0.25, 0.3) is 0 Å². The van der Waals surface area contributed by atoms with Gasteiger partial charge in [0.2, 0.25) is 0 Å². The zero-order valence-corrected chi connectivity index (χ0v) is 11.3. The maximum Gasteiger partial charge on any atom is 0.0279 e. The molecule has 1 saturated heterocycles. The van der Waals surface area contributed by atoms with Crippen molar-refractivity contribution in [1.29, 1.82) is 0 Å². The van der Waals surface area contributed by atoms with Crippen molar-refractivity contribution in [2.75, 3.05) is 18.6 Å². The Bertz CT molecular complexity index is 231. The fraction of sp³-hybridized carbons (Fsp3) is 0.857. The third-order valence-electron chi connectivity index (χ3n) is 4.03. The zero-order chi connectivity index (χ0) is 11.2. The summed E-state index contributed by atoms with van der Waals surface area (Å²) in [7, 11) is 2.14. The van der Waals surface area contributed by atoms with Gasteiger partial charge < -0.3 is 5.32 Å². The highest BCUT2D eigenvalue weighted by atomic mass is 32.2. The van der Waals surface area contributed by atoms with Gasteiger partial charge in [-0.1, -0.05) is 11.6 Å². The number of nitrogens with one attached hydrogen (secondary N) is 1. The van der Waals surface area contributed by atoms with Crippen LogP contribution in [0.5, 0.6) is 0 Å². The van der Waals surface area contributed by atoms with Crippen molar-refractivity contribution in [3.63, 3.8) is 0 Å². The molecule has 0 amide bonds. The summed E-state index contributed by atoms with van der Waals surface area (Å²) in [4.78, 5) is 0. The molecule has 1 heterocycles. The van der Waals surface area contributed by atoms with E-state index in [1.54, 1.807) is 5.57 Å². The van der Waals surface area contributed by atoms with Crippen molar-refractivity contribution < 1.29 is 0 Å². The number of hydrogen-bond acceptors (Lipinski definition) is 2. The van der Waals surface area contributed by atoms with E-state index >= 15 is 0 Å². The Morgan fingerprint density at radius 1 is 1.38 bits per heavy atom. The summed E-state index contributed by atoms with van der Waals surface area (Å²) >= 11 is 2.13. The standard InChI is InChI=1S/C14H25NS/c1-15-14(13-5-3-2-4-6-13)11-12-7-9-16-10-8-12/h5,12,14-15H,2-4,6-11H2,1H3. The van der Waals surface area contributed by atoms with Gasteiger partial charge in [-0.2, -0.15) is 11.8 Å². The molecule has 2 aliphatic rings. The molecule has 0 spiro atoms. The van der Waals surface area contributed by atoms with Crippen LogP contribution in [0.1, 0.15) is 44.9 Å². The zero-order valence-electron chi connectivity index (χ0n) is 10.5. The van der Waals surface area contributed by atoms with E-state index in [0.717, 1.165) is 5.92 Å². The molecule has 1 unspecified atom stereocenters. The van der Waals surface area contributed by atoms with Crippen LogP contribution in [-0.4, -0.2) is 24.6 Å². The molecular formula is C14H25NS. The van der Waals surface area contributed by atoms with Crippen molar-refractivity contribution in [3.05, 3.63) is 11.6 Å². The smallest absolute Gasteiger partial charge is 0.0279 e. The molecule has 0 saturated carbocycles. The van der Waals surface area contributed by atoms with E-state index in [4.69, 9.17) is 0 Å². The monoisotopic (exact) mass is 239 g/mol. The predicted molar refractivity (Wildman–Crippen MR) is 74.1 cm³/mol. The first-order valence-corrected chi connectivity index (χ1v) is 7.99. The second kappa shape index (κ2) is 6.70. The van der Waals surface area contributed by atoms with Crippen molar-refractivity contribution in [2.24, 2.45) is 5.92 Å². The summed E-state index contributed by atoms with van der Waals surface area (Å²) in [5.41, 5.74) is 1.70. The van der Waals surface area contributed by atoms with Gasteiger partial charge >= 0.3 is 0 Å². The topological polar surface area (TPSA) is 12.0 Å². The Labute approximate surface area is 104 Å². The van der Waals surface area contributed by atoms with E-state index in [0.29, 0.717) is 6.04 Å². The maximum atomic E-state index is 3.54. The molecule has 2 heteroatoms. The van der Waals surface area contributed by atoms with Gasteiger partial charge in [0.25, 0.3) is 0 Å². The molecule has 1 N–H and O–H groups in total. The Kier molecular flexibility index (Phi) is 5.24. The van der Waals surface area contributed by atoms with Crippen LogP contribution >= 0.6 is 11.8 Å². The van der Waals surface area contributed by atoms with Crippen LogP contribution < -0.4 is 5.32 Å². The molecule has 0 bridgehead atoms. The van der Waals surface area contributed by atoms with Crippen LogP contribution in [0.2, 0.25) is 0 Å². The molecule has 1 aliphatic carbocycles. The van der Waals surface area contributed by atoms with Crippen molar-refractivity contribution in [1.82, 2.24) is 5.32 Å². The molecule has 1 fully saturated rings. The number of thioether (sulfide) groups is 1. The first-order chi connectivity index (χ1) is 7.90. The van der Waals surface area contributed by atoms with E-state index in [-0.39, 0.29) is 0 Å². The van der Waals surface area contributed by atoms with E-state index in [1.165, 1.54) is 56.5 Å². The van der Waals surface area contributed by atoms with Crippen LogP contribution in [0.4, 0.5) is 0 Å². The predicted octanol–water partition coefficient (Wildman–Crippen LogP) is 3.61. The third-order valence-corrected chi connectivity index (χ3v) is 5.08. The maximum absolute atomic E-state index is 3.54. The van der Waals surface area contributed by atoms with Crippen LogP contribution in [-0.2, 0) is 0 Å². The number of rotatable bonds is 4. The fourth-order valence-electron chi connectivity index (χ4n) is 2.95. The Hall–Kier alpha value is 0.0500. The third kappa shape index (κ3) is 3.53. The van der Waals surface area contributed by atoms with Gasteiger partial charge in [-0.05, 0) is 69.4 Å². The number of likely N-dealkylation sites (N-methyl/N-ethyl adjacent to an activating group) is 1. The average Bonchev–Trinajstić information content (AvgIpc) is 2.38. The van der Waals surface area contributed by atoms with Crippen molar-refractivity contribution in [2.45, 2.75) is 51.0 Å². The lowest BCUT2D eigenvalue weighted by molar-refractivity contribution is 0.394. The summed E-state index contributed by atoms with van der Waals surface area (Å²) in [5, 5.41) is 3.54. The minimum Gasteiger partial charge on any atom is -0.313 e. The van der Waals surface area contributed by atoms with Gasteiger partial charge in [-0.25, -0.2) is 0 Å². The van der Waals surface area contributed by atoms with Gasteiger partial charge in [0.15, 0.2) is 0 Å². The van der Waals surface area contributed by atoms with E-state index in [9.17, 15) is 0 Å². The quantitative estimate of drug-likeness (QED) is 0.752. The Morgan fingerprint density at radius 2 is 2.19 bits per heavy atom. The average molecular weight is 239 g/mol. The first kappa shape index (κ1) is 12.5. The number of hydrogen-bond donors (Lipinski definition) is 1. The second-order valence-electron chi connectivity index (χ2n) is 5.16. The van der Waals surface area contributed by atoms with E-state index in [1.807, 2.05) is 0 Å². The summed E-state index contributed by atoms with van der Waals surface area (Å²) in [6, 6.07) is 0.674. The lowest BCUT2D eigenvalue weighted by Crippen LogP contribution is -2.31. The molecule has 1 aliphatic heterocycles. The number of allylic oxidation sites excluding steroid dienone is 1. The van der Waals surface area contributed by atoms with Gasteiger partial charge in [0.05, 0.1) is 0 Å². The lowest BCUT2D eigenvalue weighted by Gasteiger charge is -2.29. The Morgan fingerprint density at radius 3 is 2.81 bits per heavy atom. The molecule has 0 radical (unpaired) electrons. The summed E-state index contributed by atoms with van der Waals surface area (Å²) in [6.07, 6.45) is 12.2. The van der Waals surface area contributed by atoms with Crippen LogP contribution in [0.3, 0.4) is 0 Å². The second-order valence-corrected chi connectivity index (χ2v) is 6.38. The molecule has 92 valence electrons. The first-order valence-electron chi connectivity index (χ1n) is 6.84. The SMILES string of the molecule is CNC(CC1CCSCC1)C1=CCCCC1. The summed E-state index contributed by atoms with van der Waals surface area (Å²) in [6.45, 7) is 0. The molecule has 1 nitrogen and oxygen atoms in total. The highest BCUT2D eigenvalue weighted by Crippen LogP contribution is 2.30. The summed E-state index contributed by atoms with van der Waals surface area (Å²) < 4.78 is 0. The minimum atomic E-state index is 0.674. The van der Waals surface area contributed by atoms with Gasteiger partial charge in [-0.15, -0.1) is 0 Å². The molecule has 0 aromatic carbocycles. The summed E-state index contributed by atoms with van der Waals surface area (Å²) in [5.74, 6) is 3.75. The van der Waals surface area contributed by atoms with E-state index < -0.39 is 0 Å². The molecule has 2 rings (SSSR count). The molecule has 0 aromatic rings. The molecule has 16 heavy (non-hydrogen) atoms. The normalized spacial score (nSPS) is 25.2. The highest BCUT2D eigenvalue weighted by molar-refractivity contribution is 7.99. The molecule has 0 aromatic heterocycles. The van der Waals surface area contributed by atoms with Gasteiger partial charge in [0.1, 0.15) is 0 Å². The van der Waals surface area contributed by atoms with Crippen LogP contribution in [0, 0.1) is 5.92 Å².